The Morgan fingerprint density at radius 1 is 1.41 bits per heavy atom. The van der Waals surface area contributed by atoms with Crippen LogP contribution in [0, 0.1) is 16.3 Å². The number of halogens is 2. The van der Waals surface area contributed by atoms with Gasteiger partial charge in [0.2, 0.25) is 0 Å². The SMILES string of the molecule is COc1c(C(=O)NOCCO)c(Cc2ccc(I)cc2F)n(C)c(=O)c1C. The highest BCUT2D eigenvalue weighted by Gasteiger charge is 2.25. The molecule has 7 nitrogen and oxygen atoms in total. The van der Waals surface area contributed by atoms with Gasteiger partial charge in [0.15, 0.2) is 0 Å². The topological polar surface area (TPSA) is 89.8 Å². The van der Waals surface area contributed by atoms with Gasteiger partial charge in [0.1, 0.15) is 17.1 Å². The lowest BCUT2D eigenvalue weighted by Crippen LogP contribution is -2.32. The van der Waals surface area contributed by atoms with E-state index in [1.165, 1.54) is 24.8 Å². The molecule has 0 atom stereocenters. The molecule has 1 amide bonds. The molecule has 146 valence electrons. The summed E-state index contributed by atoms with van der Waals surface area (Å²) >= 11 is 2.00. The zero-order chi connectivity index (χ0) is 20.1. The number of carbonyl (C=O) groups excluding carboxylic acids is 1. The lowest BCUT2D eigenvalue weighted by Gasteiger charge is -2.19. The lowest BCUT2D eigenvalue weighted by atomic mass is 10.0. The van der Waals surface area contributed by atoms with Crippen molar-refractivity contribution in [1.82, 2.24) is 10.0 Å². The molecule has 2 rings (SSSR count). The minimum absolute atomic E-state index is 0.00782. The first kappa shape index (κ1) is 21.3. The summed E-state index contributed by atoms with van der Waals surface area (Å²) in [5.41, 5.74) is 2.81. The predicted octanol–water partition coefficient (Wildman–Crippen LogP) is 1.69. The number of nitrogens with zero attached hydrogens (tertiary/aromatic N) is 1. The van der Waals surface area contributed by atoms with Gasteiger partial charge in [0, 0.05) is 22.7 Å². The van der Waals surface area contributed by atoms with E-state index in [0.29, 0.717) is 5.56 Å². The number of ether oxygens (including phenoxy) is 1. The maximum Gasteiger partial charge on any atom is 0.280 e. The normalized spacial score (nSPS) is 10.7. The van der Waals surface area contributed by atoms with Gasteiger partial charge in [-0.05, 0) is 47.2 Å². The second-order valence-electron chi connectivity index (χ2n) is 5.76. The molecule has 9 heteroatoms. The summed E-state index contributed by atoms with van der Waals surface area (Å²) < 4.78 is 21.7. The minimum atomic E-state index is -0.653. The molecule has 0 fully saturated rings. The van der Waals surface area contributed by atoms with Crippen molar-refractivity contribution >= 4 is 28.5 Å². The number of pyridine rings is 1. The highest BCUT2D eigenvalue weighted by Crippen LogP contribution is 2.27. The number of aliphatic hydroxyl groups excluding tert-OH is 1. The first-order valence-electron chi connectivity index (χ1n) is 8.05. The van der Waals surface area contributed by atoms with Crippen LogP contribution in [0.15, 0.2) is 23.0 Å². The van der Waals surface area contributed by atoms with Crippen molar-refractivity contribution in [1.29, 1.82) is 0 Å². The van der Waals surface area contributed by atoms with Gasteiger partial charge in [-0.25, -0.2) is 9.87 Å². The summed E-state index contributed by atoms with van der Waals surface area (Å²) in [7, 11) is 2.86. The molecule has 1 aromatic heterocycles. The Bertz CT molecular complexity index is 914. The second kappa shape index (κ2) is 9.29. The van der Waals surface area contributed by atoms with E-state index in [-0.39, 0.29) is 47.8 Å². The van der Waals surface area contributed by atoms with Crippen LogP contribution in [0.5, 0.6) is 5.75 Å². The zero-order valence-corrected chi connectivity index (χ0v) is 17.3. The minimum Gasteiger partial charge on any atom is -0.495 e. The number of carbonyl (C=O) groups is 1. The molecular formula is C18H20FIN2O5. The molecule has 1 heterocycles. The van der Waals surface area contributed by atoms with Crippen LogP contribution in [0.3, 0.4) is 0 Å². The quantitative estimate of drug-likeness (QED) is 0.351. The van der Waals surface area contributed by atoms with Crippen molar-refractivity contribution in [3.8, 4) is 5.75 Å². The molecular weight excluding hydrogens is 470 g/mol. The summed E-state index contributed by atoms with van der Waals surface area (Å²) in [6, 6.07) is 4.73. The van der Waals surface area contributed by atoms with Gasteiger partial charge < -0.3 is 14.4 Å². The lowest BCUT2D eigenvalue weighted by molar-refractivity contribution is 0.0165. The van der Waals surface area contributed by atoms with Gasteiger partial charge in [0.05, 0.1) is 25.9 Å². The standard InChI is InChI=1S/C18H20FIN2O5/c1-10-16(26-3)15(17(24)21-27-7-6-23)14(22(2)18(10)25)8-11-4-5-12(20)9-13(11)19/h4-5,9,23H,6-8H2,1-3H3,(H,21,24). The van der Waals surface area contributed by atoms with E-state index < -0.39 is 11.7 Å². The third-order valence-corrected chi connectivity index (χ3v) is 4.72. The Morgan fingerprint density at radius 2 is 2.11 bits per heavy atom. The monoisotopic (exact) mass is 490 g/mol. The van der Waals surface area contributed by atoms with Crippen LogP contribution in [-0.4, -0.2) is 35.9 Å². The smallest absolute Gasteiger partial charge is 0.280 e. The zero-order valence-electron chi connectivity index (χ0n) is 15.1. The number of hydroxylamine groups is 1. The summed E-state index contributed by atoms with van der Waals surface area (Å²) in [6.07, 6.45) is 0.00782. The number of aromatic nitrogens is 1. The average molecular weight is 490 g/mol. The molecule has 0 spiro atoms. The van der Waals surface area contributed by atoms with Crippen LogP contribution < -0.4 is 15.8 Å². The highest BCUT2D eigenvalue weighted by molar-refractivity contribution is 14.1. The van der Waals surface area contributed by atoms with Gasteiger partial charge >= 0.3 is 0 Å². The number of hydrogen-bond donors (Lipinski definition) is 2. The van der Waals surface area contributed by atoms with E-state index in [2.05, 4.69) is 5.48 Å². The van der Waals surface area contributed by atoms with Crippen LogP contribution in [0.1, 0.15) is 27.2 Å². The first-order chi connectivity index (χ1) is 12.8. The van der Waals surface area contributed by atoms with E-state index in [4.69, 9.17) is 14.7 Å². The molecule has 0 aliphatic heterocycles. The number of amides is 1. The van der Waals surface area contributed by atoms with Gasteiger partial charge in [-0.3, -0.25) is 14.4 Å². The van der Waals surface area contributed by atoms with E-state index >= 15 is 0 Å². The fraction of sp³-hybridized carbons (Fsp3) is 0.333. The first-order valence-corrected chi connectivity index (χ1v) is 9.13. The van der Waals surface area contributed by atoms with Crippen LogP contribution in [0.2, 0.25) is 0 Å². The van der Waals surface area contributed by atoms with Crippen molar-refractivity contribution in [3.05, 3.63) is 60.3 Å². The Kier molecular flexibility index (Phi) is 7.33. The molecule has 2 aromatic rings. The van der Waals surface area contributed by atoms with Crippen molar-refractivity contribution in [2.24, 2.45) is 7.05 Å². The van der Waals surface area contributed by atoms with Crippen LogP contribution in [0.25, 0.3) is 0 Å². The van der Waals surface area contributed by atoms with E-state index in [1.54, 1.807) is 19.1 Å². The van der Waals surface area contributed by atoms with Gasteiger partial charge in [-0.15, -0.1) is 0 Å². The van der Waals surface area contributed by atoms with Crippen molar-refractivity contribution in [2.45, 2.75) is 13.3 Å². The van der Waals surface area contributed by atoms with E-state index in [0.717, 1.165) is 3.57 Å². The molecule has 1 aromatic carbocycles. The Labute approximate surface area is 169 Å². The largest absolute Gasteiger partial charge is 0.495 e. The highest BCUT2D eigenvalue weighted by atomic mass is 127. The number of rotatable bonds is 7. The van der Waals surface area contributed by atoms with Gasteiger partial charge in [-0.1, -0.05) is 6.07 Å². The summed E-state index contributed by atoms with van der Waals surface area (Å²) in [5.74, 6) is -0.985. The molecule has 0 aliphatic carbocycles. The number of methoxy groups -OCH3 is 1. The summed E-state index contributed by atoms with van der Waals surface area (Å²) in [4.78, 5) is 30.1. The molecule has 0 aliphatic rings. The van der Waals surface area contributed by atoms with Crippen LogP contribution in [-0.2, 0) is 18.3 Å². The number of hydrogen-bond acceptors (Lipinski definition) is 5. The van der Waals surface area contributed by atoms with Crippen molar-refractivity contribution in [3.63, 3.8) is 0 Å². The molecule has 0 unspecified atom stereocenters. The maximum atomic E-state index is 14.3. The average Bonchev–Trinajstić information content (AvgIpc) is 2.63. The second-order valence-corrected chi connectivity index (χ2v) is 7.01. The maximum absolute atomic E-state index is 14.3. The number of benzene rings is 1. The Morgan fingerprint density at radius 3 is 2.70 bits per heavy atom. The fourth-order valence-electron chi connectivity index (χ4n) is 2.71. The fourth-order valence-corrected chi connectivity index (χ4v) is 3.17. The molecule has 2 N–H and O–H groups in total. The van der Waals surface area contributed by atoms with E-state index in [9.17, 15) is 14.0 Å². The number of nitrogens with one attached hydrogen (secondary N) is 1. The van der Waals surface area contributed by atoms with Crippen molar-refractivity contribution in [2.75, 3.05) is 20.3 Å². The third-order valence-electron chi connectivity index (χ3n) is 4.05. The van der Waals surface area contributed by atoms with Gasteiger partial charge in [-0.2, -0.15) is 0 Å². The molecule has 0 saturated heterocycles. The van der Waals surface area contributed by atoms with E-state index in [1.807, 2.05) is 22.6 Å². The molecule has 0 bridgehead atoms. The number of aliphatic hydroxyl groups is 1. The summed E-state index contributed by atoms with van der Waals surface area (Å²) in [6.45, 7) is 1.17. The molecule has 0 saturated carbocycles. The molecule has 27 heavy (non-hydrogen) atoms. The van der Waals surface area contributed by atoms with Gasteiger partial charge in [0.25, 0.3) is 11.5 Å². The summed E-state index contributed by atoms with van der Waals surface area (Å²) in [5, 5.41) is 8.79. The third kappa shape index (κ3) is 4.66. The molecule has 0 radical (unpaired) electrons. The van der Waals surface area contributed by atoms with Crippen molar-refractivity contribution < 1.29 is 23.9 Å². The predicted molar refractivity (Wildman–Crippen MR) is 105 cm³/mol. The van der Waals surface area contributed by atoms with Crippen LogP contribution >= 0.6 is 22.6 Å². The Balaban J connectivity index is 2.61. The Hall–Kier alpha value is -1.98. The van der Waals surface area contributed by atoms with Crippen LogP contribution in [0.4, 0.5) is 4.39 Å².